The Hall–Kier alpha value is -1.83. The third kappa shape index (κ3) is 2.94. The maximum absolute atomic E-state index is 7.89. The monoisotopic (exact) mass is 378 g/mol. The van der Waals surface area contributed by atoms with E-state index in [-0.39, 0.29) is 0 Å². The average Bonchev–Trinajstić information content (AvgIpc) is 2.54. The zero-order valence-electron chi connectivity index (χ0n) is 16.6. The second kappa shape index (κ2) is 7.06. The fourth-order valence-electron chi connectivity index (χ4n) is 4.45. The van der Waals surface area contributed by atoms with Gasteiger partial charge < -0.3 is 0 Å². The first-order valence-electron chi connectivity index (χ1n) is 9.17. The van der Waals surface area contributed by atoms with E-state index in [0.717, 1.165) is 0 Å². The Balaban J connectivity index is 2.53. The van der Waals surface area contributed by atoms with Crippen molar-refractivity contribution in [3.05, 3.63) is 88.0 Å². The molecule has 3 aromatic rings. The van der Waals surface area contributed by atoms with Gasteiger partial charge in [0.25, 0.3) is 0 Å². The molecule has 0 atom stereocenters. The van der Waals surface area contributed by atoms with E-state index >= 15 is 0 Å². The zero-order valence-corrected chi connectivity index (χ0v) is 18.3. The third-order valence-electron chi connectivity index (χ3n) is 5.48. The normalized spacial score (nSPS) is 11.7. The highest BCUT2D eigenvalue weighted by molar-refractivity contribution is 7.41. The molecule has 0 aliphatic heterocycles. The smallest absolute Gasteiger partial charge is 0.149 e. The summed E-state index contributed by atoms with van der Waals surface area (Å²) < 4.78 is 0. The van der Waals surface area contributed by atoms with Crippen LogP contribution in [0.5, 0.6) is 0 Å². The predicted octanol–water partition coefficient (Wildman–Crippen LogP) is 4.74. The first-order valence-corrected chi connectivity index (χ1v) is 12.2. The van der Waals surface area contributed by atoms with Gasteiger partial charge in [0.1, 0.15) is 0 Å². The van der Waals surface area contributed by atoms with Gasteiger partial charge in [-0.2, -0.15) is 0 Å². The van der Waals surface area contributed by atoms with Gasteiger partial charge in [-0.25, -0.2) is 0 Å². The van der Waals surface area contributed by atoms with Crippen molar-refractivity contribution in [2.24, 2.45) is 0 Å². The topological polar surface area (TPSA) is 0 Å². The summed E-state index contributed by atoms with van der Waals surface area (Å²) in [5, 5.41) is 4.03. The van der Waals surface area contributed by atoms with Crippen LogP contribution < -0.4 is 15.6 Å². The lowest BCUT2D eigenvalue weighted by Crippen LogP contribution is -2.67. The first-order chi connectivity index (χ1) is 12.3. The molecule has 0 spiro atoms. The van der Waals surface area contributed by atoms with Crippen LogP contribution >= 0.6 is 11.1 Å². The molecule has 0 N–H and O–H groups in total. The van der Waals surface area contributed by atoms with Crippen LogP contribution in [-0.2, 0) is 0 Å². The molecule has 26 heavy (non-hydrogen) atoms. The SMILES string of the molecule is Cc1cccc(C)c1[Si](Cl)(c1c(C)cccc1C)c1c(C)cccc1C. The van der Waals surface area contributed by atoms with E-state index in [9.17, 15) is 0 Å². The second-order valence-electron chi connectivity index (χ2n) is 7.46. The van der Waals surface area contributed by atoms with Crippen molar-refractivity contribution in [3.8, 4) is 0 Å². The molecule has 0 nitrogen and oxygen atoms in total. The van der Waals surface area contributed by atoms with Crippen molar-refractivity contribution in [3.63, 3.8) is 0 Å². The molecule has 2 heteroatoms. The molecule has 0 amide bonds. The zero-order chi connectivity index (χ0) is 19.1. The van der Waals surface area contributed by atoms with Gasteiger partial charge >= 0.3 is 0 Å². The molecule has 0 saturated carbocycles. The Morgan fingerprint density at radius 3 is 0.846 bits per heavy atom. The summed E-state index contributed by atoms with van der Waals surface area (Å²) >= 11 is 7.89. The van der Waals surface area contributed by atoms with Crippen molar-refractivity contribution >= 4 is 34.0 Å². The molecular formula is C24H27ClSi. The Bertz CT molecular complexity index is 786. The van der Waals surface area contributed by atoms with Crippen LogP contribution in [0.25, 0.3) is 0 Å². The van der Waals surface area contributed by atoms with E-state index in [1.54, 1.807) is 0 Å². The summed E-state index contributed by atoms with van der Waals surface area (Å²) in [6.45, 7) is 13.2. The fourth-order valence-corrected chi connectivity index (χ4v) is 11.6. The Labute approximate surface area is 163 Å². The maximum atomic E-state index is 7.89. The lowest BCUT2D eigenvalue weighted by molar-refractivity contribution is 1.38. The molecule has 3 aromatic carbocycles. The van der Waals surface area contributed by atoms with E-state index in [1.807, 2.05) is 0 Å². The molecule has 134 valence electrons. The van der Waals surface area contributed by atoms with E-state index < -0.39 is 7.38 Å². The largest absolute Gasteiger partial charge is 0.249 e. The predicted molar refractivity (Wildman–Crippen MR) is 118 cm³/mol. The van der Waals surface area contributed by atoms with Crippen molar-refractivity contribution < 1.29 is 0 Å². The van der Waals surface area contributed by atoms with Crippen molar-refractivity contribution in [1.82, 2.24) is 0 Å². The van der Waals surface area contributed by atoms with Gasteiger partial charge in [0.2, 0.25) is 7.38 Å². The van der Waals surface area contributed by atoms with Crippen LogP contribution in [0.3, 0.4) is 0 Å². The minimum absolute atomic E-state index is 1.29. The molecule has 0 bridgehead atoms. The molecule has 0 unspecified atom stereocenters. The highest BCUT2D eigenvalue weighted by atomic mass is 35.6. The van der Waals surface area contributed by atoms with Crippen LogP contribution in [-0.4, -0.2) is 7.38 Å². The van der Waals surface area contributed by atoms with Gasteiger partial charge in [0.05, 0.1) is 0 Å². The standard InChI is InChI=1S/C24H27ClSi/c1-16-10-7-11-17(2)22(16)26(25,23-18(3)12-8-13-19(23)4)24-20(5)14-9-15-21(24)6/h7-15H,1-6H3. The van der Waals surface area contributed by atoms with E-state index in [0.29, 0.717) is 0 Å². The lowest BCUT2D eigenvalue weighted by Gasteiger charge is -2.34. The van der Waals surface area contributed by atoms with Gasteiger partial charge in [-0.1, -0.05) is 54.6 Å². The molecular weight excluding hydrogens is 352 g/mol. The van der Waals surface area contributed by atoms with Gasteiger partial charge in [0, 0.05) is 0 Å². The van der Waals surface area contributed by atoms with Gasteiger partial charge in [-0.05, 0) is 90.5 Å². The maximum Gasteiger partial charge on any atom is 0.249 e. The van der Waals surface area contributed by atoms with Gasteiger partial charge in [-0.15, -0.1) is 11.1 Å². The van der Waals surface area contributed by atoms with Gasteiger partial charge in [-0.3, -0.25) is 0 Å². The quantitative estimate of drug-likeness (QED) is 0.350. The van der Waals surface area contributed by atoms with Crippen molar-refractivity contribution in [2.45, 2.75) is 41.5 Å². The van der Waals surface area contributed by atoms with Crippen molar-refractivity contribution in [1.29, 1.82) is 0 Å². The number of halogens is 1. The highest BCUT2D eigenvalue weighted by Crippen LogP contribution is 2.22. The summed E-state index contributed by atoms with van der Waals surface area (Å²) in [5.41, 5.74) is 7.73. The van der Waals surface area contributed by atoms with E-state index in [1.165, 1.54) is 48.9 Å². The molecule has 0 fully saturated rings. The average molecular weight is 379 g/mol. The number of hydrogen-bond acceptors (Lipinski definition) is 0. The van der Waals surface area contributed by atoms with Gasteiger partial charge in [0.15, 0.2) is 0 Å². The molecule has 0 radical (unpaired) electrons. The molecule has 0 saturated heterocycles. The van der Waals surface area contributed by atoms with Crippen LogP contribution in [0.15, 0.2) is 54.6 Å². The Morgan fingerprint density at radius 2 is 0.654 bits per heavy atom. The molecule has 0 aliphatic carbocycles. The molecule has 3 rings (SSSR count). The first kappa shape index (κ1) is 18.9. The molecule has 0 aliphatic rings. The van der Waals surface area contributed by atoms with Crippen LogP contribution in [0.4, 0.5) is 0 Å². The Kier molecular flexibility index (Phi) is 5.14. The Morgan fingerprint density at radius 1 is 0.462 bits per heavy atom. The molecule has 0 aromatic heterocycles. The number of benzene rings is 3. The summed E-state index contributed by atoms with van der Waals surface area (Å²) in [6.07, 6.45) is 0. The summed E-state index contributed by atoms with van der Waals surface area (Å²) in [5.74, 6) is 0. The summed E-state index contributed by atoms with van der Waals surface area (Å²) in [7, 11) is -2.67. The minimum atomic E-state index is -2.67. The van der Waals surface area contributed by atoms with Crippen LogP contribution in [0.2, 0.25) is 0 Å². The van der Waals surface area contributed by atoms with Crippen LogP contribution in [0.1, 0.15) is 33.4 Å². The second-order valence-corrected chi connectivity index (χ2v) is 12.0. The minimum Gasteiger partial charge on any atom is -0.149 e. The third-order valence-corrected chi connectivity index (χ3v) is 11.6. The number of hydrogen-bond donors (Lipinski definition) is 0. The molecule has 0 heterocycles. The number of rotatable bonds is 3. The fraction of sp³-hybridized carbons (Fsp3) is 0.250. The lowest BCUT2D eigenvalue weighted by atomic mass is 10.1. The summed E-state index contributed by atoms with van der Waals surface area (Å²) in [6, 6.07) is 19.6. The number of aryl methyl sites for hydroxylation is 6. The highest BCUT2D eigenvalue weighted by Gasteiger charge is 2.43. The van der Waals surface area contributed by atoms with Crippen molar-refractivity contribution in [2.75, 3.05) is 0 Å². The van der Waals surface area contributed by atoms with E-state index in [4.69, 9.17) is 11.1 Å². The summed E-state index contributed by atoms with van der Waals surface area (Å²) in [4.78, 5) is 0. The van der Waals surface area contributed by atoms with Crippen LogP contribution in [0, 0.1) is 41.5 Å². The van der Waals surface area contributed by atoms with E-state index in [2.05, 4.69) is 96.1 Å².